The lowest BCUT2D eigenvalue weighted by molar-refractivity contribution is -0.133. The maximum atomic E-state index is 10.8. The Bertz CT molecular complexity index is 411. The minimum Gasteiger partial charge on any atom is -0.427 e. The van der Waals surface area contributed by atoms with Crippen LogP contribution in [0.2, 0.25) is 0 Å². The Balaban J connectivity index is 2.96. The maximum absolute atomic E-state index is 10.8. The predicted octanol–water partition coefficient (Wildman–Crippen LogP) is 1.03. The molecule has 0 unspecified atom stereocenters. The fourth-order valence-electron chi connectivity index (χ4n) is 1.16. The average molecular weight is 224 g/mol. The lowest BCUT2D eigenvalue weighted by Crippen LogP contribution is -2.06. The lowest BCUT2D eigenvalue weighted by atomic mass is 10.2. The minimum absolute atomic E-state index is 0.255. The molecule has 0 saturated heterocycles. The van der Waals surface area contributed by atoms with Crippen molar-refractivity contribution in [2.24, 2.45) is 0 Å². The minimum atomic E-state index is -0.477. The Kier molecular flexibility index (Phi) is 4.02. The van der Waals surface area contributed by atoms with Crippen LogP contribution in [0.1, 0.15) is 19.4 Å². The molecule has 0 aliphatic rings. The van der Waals surface area contributed by atoms with Gasteiger partial charge in [0.25, 0.3) is 0 Å². The SMILES string of the molecule is CC(=O)Oc1ccc(OC(C)=O)c(CO)c1. The fourth-order valence-corrected chi connectivity index (χ4v) is 1.16. The molecule has 5 heteroatoms. The van der Waals surface area contributed by atoms with E-state index in [0.29, 0.717) is 11.3 Å². The number of aliphatic hydroxyl groups excluding tert-OH is 1. The quantitative estimate of drug-likeness (QED) is 0.613. The third-order valence-electron chi connectivity index (χ3n) is 1.72. The van der Waals surface area contributed by atoms with Gasteiger partial charge in [-0.2, -0.15) is 0 Å². The highest BCUT2D eigenvalue weighted by molar-refractivity contribution is 5.71. The number of hydrogen-bond acceptors (Lipinski definition) is 5. The molecule has 0 radical (unpaired) electrons. The molecular weight excluding hydrogens is 212 g/mol. The van der Waals surface area contributed by atoms with Crippen molar-refractivity contribution in [3.63, 3.8) is 0 Å². The zero-order valence-electron chi connectivity index (χ0n) is 9.02. The van der Waals surface area contributed by atoms with Crippen molar-refractivity contribution in [1.82, 2.24) is 0 Å². The summed E-state index contributed by atoms with van der Waals surface area (Å²) in [6.45, 7) is 2.23. The normalized spacial score (nSPS) is 9.69. The number of hydrogen-bond donors (Lipinski definition) is 1. The molecule has 1 N–H and O–H groups in total. The van der Waals surface area contributed by atoms with Gasteiger partial charge in [0.05, 0.1) is 6.61 Å². The highest BCUT2D eigenvalue weighted by Crippen LogP contribution is 2.24. The zero-order valence-corrected chi connectivity index (χ0v) is 9.02. The first-order valence-corrected chi connectivity index (χ1v) is 4.63. The van der Waals surface area contributed by atoms with Crippen LogP contribution in [0.25, 0.3) is 0 Å². The first kappa shape index (κ1) is 12.2. The highest BCUT2D eigenvalue weighted by Gasteiger charge is 2.08. The molecule has 0 heterocycles. The second-order valence-electron chi connectivity index (χ2n) is 3.11. The van der Waals surface area contributed by atoms with E-state index in [1.165, 1.54) is 32.0 Å². The van der Waals surface area contributed by atoms with E-state index in [-0.39, 0.29) is 12.4 Å². The molecule has 0 aromatic heterocycles. The van der Waals surface area contributed by atoms with Crippen LogP contribution >= 0.6 is 0 Å². The Morgan fingerprint density at radius 1 is 1.19 bits per heavy atom. The van der Waals surface area contributed by atoms with Gasteiger partial charge in [0, 0.05) is 19.4 Å². The standard InChI is InChI=1S/C11H12O5/c1-7(13)15-10-3-4-11(16-8(2)14)9(5-10)6-12/h3-5,12H,6H2,1-2H3. The summed E-state index contributed by atoms with van der Waals surface area (Å²) in [5.74, 6) is -0.377. The number of rotatable bonds is 3. The molecule has 5 nitrogen and oxygen atoms in total. The van der Waals surface area contributed by atoms with E-state index in [2.05, 4.69) is 0 Å². The van der Waals surface area contributed by atoms with E-state index in [1.54, 1.807) is 0 Å². The van der Waals surface area contributed by atoms with Gasteiger partial charge < -0.3 is 14.6 Å². The van der Waals surface area contributed by atoms with Gasteiger partial charge in [-0.3, -0.25) is 9.59 Å². The van der Waals surface area contributed by atoms with E-state index >= 15 is 0 Å². The van der Waals surface area contributed by atoms with Gasteiger partial charge in [-0.25, -0.2) is 0 Å². The summed E-state index contributed by atoms with van der Waals surface area (Å²) >= 11 is 0. The second kappa shape index (κ2) is 5.27. The van der Waals surface area contributed by atoms with Gasteiger partial charge >= 0.3 is 11.9 Å². The van der Waals surface area contributed by atoms with Gasteiger partial charge in [-0.1, -0.05) is 0 Å². The van der Waals surface area contributed by atoms with Gasteiger partial charge in [0.15, 0.2) is 0 Å². The summed E-state index contributed by atoms with van der Waals surface area (Å²) in [4.78, 5) is 21.5. The van der Waals surface area contributed by atoms with E-state index in [9.17, 15) is 9.59 Å². The molecule has 0 amide bonds. The molecule has 1 aromatic rings. The number of esters is 2. The van der Waals surface area contributed by atoms with Crippen LogP contribution in [0.4, 0.5) is 0 Å². The molecular formula is C11H12O5. The second-order valence-corrected chi connectivity index (χ2v) is 3.11. The van der Waals surface area contributed by atoms with E-state index in [1.807, 2.05) is 0 Å². The predicted molar refractivity (Wildman–Crippen MR) is 55.0 cm³/mol. The van der Waals surface area contributed by atoms with Crippen LogP contribution in [0.15, 0.2) is 18.2 Å². The Morgan fingerprint density at radius 2 is 1.81 bits per heavy atom. The number of aliphatic hydroxyl groups is 1. The molecule has 0 bridgehead atoms. The molecule has 0 aliphatic carbocycles. The molecule has 0 atom stereocenters. The lowest BCUT2D eigenvalue weighted by Gasteiger charge is -2.08. The van der Waals surface area contributed by atoms with Gasteiger partial charge in [-0.15, -0.1) is 0 Å². The van der Waals surface area contributed by atoms with Crippen molar-refractivity contribution in [1.29, 1.82) is 0 Å². The van der Waals surface area contributed by atoms with E-state index < -0.39 is 11.9 Å². The van der Waals surface area contributed by atoms with Crippen LogP contribution < -0.4 is 9.47 Å². The first-order valence-electron chi connectivity index (χ1n) is 4.63. The van der Waals surface area contributed by atoms with Crippen LogP contribution in [0.5, 0.6) is 11.5 Å². The molecule has 86 valence electrons. The summed E-state index contributed by atoms with van der Waals surface area (Å²) in [5, 5.41) is 9.06. The van der Waals surface area contributed by atoms with Gasteiger partial charge in [0.1, 0.15) is 11.5 Å². The van der Waals surface area contributed by atoms with Crippen molar-refractivity contribution >= 4 is 11.9 Å². The molecule has 0 fully saturated rings. The number of carbonyl (C=O) groups is 2. The Labute approximate surface area is 92.6 Å². The van der Waals surface area contributed by atoms with Crippen LogP contribution in [0, 0.1) is 0 Å². The monoisotopic (exact) mass is 224 g/mol. The zero-order chi connectivity index (χ0) is 12.1. The number of benzene rings is 1. The number of ether oxygens (including phenoxy) is 2. The van der Waals surface area contributed by atoms with Gasteiger partial charge in [0.2, 0.25) is 0 Å². The summed E-state index contributed by atoms with van der Waals surface area (Å²) in [5.41, 5.74) is 0.383. The Morgan fingerprint density at radius 3 is 2.31 bits per heavy atom. The van der Waals surface area contributed by atoms with Crippen molar-refractivity contribution < 1.29 is 24.2 Å². The molecule has 0 spiro atoms. The largest absolute Gasteiger partial charge is 0.427 e. The maximum Gasteiger partial charge on any atom is 0.308 e. The molecule has 1 rings (SSSR count). The van der Waals surface area contributed by atoms with Crippen LogP contribution in [-0.2, 0) is 16.2 Å². The van der Waals surface area contributed by atoms with Crippen LogP contribution in [0.3, 0.4) is 0 Å². The first-order chi connectivity index (χ1) is 7.52. The van der Waals surface area contributed by atoms with Crippen LogP contribution in [-0.4, -0.2) is 17.0 Å². The van der Waals surface area contributed by atoms with Crippen molar-refractivity contribution in [2.45, 2.75) is 20.5 Å². The van der Waals surface area contributed by atoms with E-state index in [0.717, 1.165) is 0 Å². The molecule has 0 aliphatic heterocycles. The van der Waals surface area contributed by atoms with Crippen molar-refractivity contribution in [3.8, 4) is 11.5 Å². The van der Waals surface area contributed by atoms with Crippen molar-refractivity contribution in [2.75, 3.05) is 0 Å². The van der Waals surface area contributed by atoms with E-state index in [4.69, 9.17) is 14.6 Å². The highest BCUT2D eigenvalue weighted by atomic mass is 16.5. The fraction of sp³-hybridized carbons (Fsp3) is 0.273. The average Bonchev–Trinajstić information content (AvgIpc) is 2.18. The summed E-state index contributed by atoms with van der Waals surface area (Å²) in [7, 11) is 0. The topological polar surface area (TPSA) is 72.8 Å². The molecule has 1 aromatic carbocycles. The third-order valence-corrected chi connectivity index (χ3v) is 1.72. The molecule has 0 saturated carbocycles. The summed E-state index contributed by atoms with van der Waals surface area (Å²) in [6.07, 6.45) is 0. The summed E-state index contributed by atoms with van der Waals surface area (Å²) in [6, 6.07) is 4.39. The number of carbonyl (C=O) groups excluding carboxylic acids is 2. The summed E-state index contributed by atoms with van der Waals surface area (Å²) < 4.78 is 9.68. The van der Waals surface area contributed by atoms with Gasteiger partial charge in [-0.05, 0) is 18.2 Å². The smallest absolute Gasteiger partial charge is 0.308 e. The van der Waals surface area contributed by atoms with Crippen molar-refractivity contribution in [3.05, 3.63) is 23.8 Å². The molecule has 16 heavy (non-hydrogen) atoms. The Hall–Kier alpha value is -1.88. The third kappa shape index (κ3) is 3.36.